The van der Waals surface area contributed by atoms with Gasteiger partial charge in [0.25, 0.3) is 10.0 Å². The molecule has 0 unspecified atom stereocenters. The van der Waals surface area contributed by atoms with Crippen LogP contribution in [0.4, 0.5) is 5.69 Å². The molecule has 0 N–H and O–H groups in total. The Morgan fingerprint density at radius 1 is 0.837 bits per heavy atom. The molecule has 0 amide bonds. The number of anilines is 1. The average molecular weight is 639 g/mol. The molecule has 10 heteroatoms. The highest BCUT2D eigenvalue weighted by atomic mass is 32.2. The maximum atomic E-state index is 14.2. The molecule has 0 spiro atoms. The normalized spacial score (nSPS) is 17.9. The van der Waals surface area contributed by atoms with Gasteiger partial charge in [-0.1, -0.05) is 74.4 Å². The zero-order valence-electron chi connectivity index (χ0n) is 26.1. The maximum absolute atomic E-state index is 14.2. The molecule has 0 saturated carbocycles. The summed E-state index contributed by atoms with van der Waals surface area (Å²) in [4.78, 5) is 0.472. The molecule has 1 atom stereocenters. The van der Waals surface area contributed by atoms with Crippen molar-refractivity contribution < 1.29 is 21.3 Å². The predicted molar refractivity (Wildman–Crippen MR) is 176 cm³/mol. The van der Waals surface area contributed by atoms with Gasteiger partial charge in [-0.25, -0.2) is 16.8 Å². The Kier molecular flexibility index (Phi) is 8.32. The lowest BCUT2D eigenvalue weighted by Gasteiger charge is -2.37. The van der Waals surface area contributed by atoms with Gasteiger partial charge in [-0.05, 0) is 79.9 Å². The molecule has 3 aromatic rings. The van der Waals surface area contributed by atoms with Crippen LogP contribution in [0.1, 0.15) is 55.5 Å². The number of hydrogen-bond acceptors (Lipinski definition) is 5. The van der Waals surface area contributed by atoms with E-state index < -0.39 is 34.4 Å². The van der Waals surface area contributed by atoms with Crippen molar-refractivity contribution in [1.29, 1.82) is 0 Å². The lowest BCUT2D eigenvalue weighted by Crippen LogP contribution is -2.42. The summed E-state index contributed by atoms with van der Waals surface area (Å²) in [6, 6.07) is 18.9. The quantitative estimate of drug-likeness (QED) is 0.247. The molecule has 5 rings (SSSR count). The molecule has 230 valence electrons. The van der Waals surface area contributed by atoms with E-state index in [9.17, 15) is 16.8 Å². The second-order valence-electron chi connectivity index (χ2n) is 13.1. The highest BCUT2D eigenvalue weighted by Crippen LogP contribution is 2.47. The van der Waals surface area contributed by atoms with Crippen LogP contribution in [0.3, 0.4) is 0 Å². The lowest BCUT2D eigenvalue weighted by molar-refractivity contribution is 0.234. The van der Waals surface area contributed by atoms with Crippen LogP contribution < -0.4 is 4.31 Å². The first kappa shape index (κ1) is 31.7. The summed E-state index contributed by atoms with van der Waals surface area (Å²) in [6.07, 6.45) is 2.33. The number of aryl methyl sites for hydroxylation is 2. The molecular formula is C33H42N2O5S2Si. The van der Waals surface area contributed by atoms with Crippen molar-refractivity contribution in [3.05, 3.63) is 95.1 Å². The smallest absolute Gasteiger partial charge is 0.264 e. The number of benzene rings is 3. The number of hydrogen-bond donors (Lipinski definition) is 0. The van der Waals surface area contributed by atoms with Crippen LogP contribution >= 0.6 is 0 Å². The van der Waals surface area contributed by atoms with E-state index in [-0.39, 0.29) is 27.9 Å². The summed E-state index contributed by atoms with van der Waals surface area (Å²) in [5.41, 5.74) is 4.97. The minimum absolute atomic E-state index is 0.0116. The first-order valence-electron chi connectivity index (χ1n) is 14.7. The minimum atomic E-state index is -3.88. The van der Waals surface area contributed by atoms with Crippen LogP contribution in [-0.2, 0) is 24.5 Å². The predicted octanol–water partition coefficient (Wildman–Crippen LogP) is 7.05. The third kappa shape index (κ3) is 5.87. The first-order valence-corrected chi connectivity index (χ1v) is 20.5. The molecule has 7 nitrogen and oxygen atoms in total. The monoisotopic (exact) mass is 638 g/mol. The Morgan fingerprint density at radius 2 is 1.40 bits per heavy atom. The fraction of sp³-hybridized carbons (Fsp3) is 0.394. The van der Waals surface area contributed by atoms with Gasteiger partial charge in [0.2, 0.25) is 10.0 Å². The van der Waals surface area contributed by atoms with E-state index in [1.165, 1.54) is 4.31 Å². The van der Waals surface area contributed by atoms with Crippen LogP contribution in [0, 0.1) is 13.8 Å². The Labute approximate surface area is 258 Å². The van der Waals surface area contributed by atoms with E-state index in [1.807, 2.05) is 50.3 Å². The third-order valence-corrected chi connectivity index (χ3v) is 17.3. The zero-order chi connectivity index (χ0) is 31.4. The van der Waals surface area contributed by atoms with E-state index in [2.05, 4.69) is 33.9 Å². The summed E-state index contributed by atoms with van der Waals surface area (Å²) in [6.45, 7) is 15.4. The van der Waals surface area contributed by atoms with Gasteiger partial charge in [0.05, 0.1) is 28.1 Å². The van der Waals surface area contributed by atoms with Crippen molar-refractivity contribution in [1.82, 2.24) is 4.31 Å². The van der Waals surface area contributed by atoms with Crippen LogP contribution in [0.2, 0.25) is 18.1 Å². The third-order valence-electron chi connectivity index (χ3n) is 9.10. The van der Waals surface area contributed by atoms with Crippen molar-refractivity contribution >= 4 is 39.6 Å². The minimum Gasteiger partial charge on any atom is -0.417 e. The van der Waals surface area contributed by atoms with Gasteiger partial charge in [-0.3, -0.25) is 4.31 Å². The standard InChI is InChI=1S/C33H42N2O5S2Si/c1-24-11-15-27(16-12-24)41(36,37)34-21-19-26-23-35(42(38,39)28-17-13-25(2)14-18-28)31-10-8-9-29(32(26)31)30(34)20-22-40-43(6,7)33(3,4)5/h8-19,30H,20-23H2,1-7H3/t30-/m1/s1. The highest BCUT2D eigenvalue weighted by molar-refractivity contribution is 7.93. The van der Waals surface area contributed by atoms with Crippen molar-refractivity contribution in [2.75, 3.05) is 24.0 Å². The van der Waals surface area contributed by atoms with Crippen LogP contribution in [-0.4, -0.2) is 49.2 Å². The van der Waals surface area contributed by atoms with Crippen LogP contribution in [0.25, 0.3) is 5.57 Å². The number of sulfonamides is 2. The number of nitrogens with zero attached hydrogens (tertiary/aromatic N) is 2. The van der Waals surface area contributed by atoms with E-state index in [1.54, 1.807) is 40.7 Å². The zero-order valence-corrected chi connectivity index (χ0v) is 28.7. The van der Waals surface area contributed by atoms with Gasteiger partial charge >= 0.3 is 0 Å². The highest BCUT2D eigenvalue weighted by Gasteiger charge is 2.42. The average Bonchev–Trinajstić information content (AvgIpc) is 3.23. The molecule has 0 bridgehead atoms. The molecule has 0 aliphatic carbocycles. The van der Waals surface area contributed by atoms with Crippen LogP contribution in [0.15, 0.2) is 82.6 Å². The Balaban J connectivity index is 1.59. The summed E-state index contributed by atoms with van der Waals surface area (Å²) in [7, 11) is -9.80. The maximum Gasteiger partial charge on any atom is 0.264 e. The van der Waals surface area contributed by atoms with Crippen molar-refractivity contribution in [3.63, 3.8) is 0 Å². The lowest BCUT2D eigenvalue weighted by atomic mass is 9.95. The summed E-state index contributed by atoms with van der Waals surface area (Å²) in [5.74, 6) is 0. The summed E-state index contributed by atoms with van der Waals surface area (Å²) in [5, 5.41) is 0.0116. The van der Waals surface area contributed by atoms with Crippen LogP contribution in [0.5, 0.6) is 0 Å². The van der Waals surface area contributed by atoms with Crippen molar-refractivity contribution in [3.8, 4) is 0 Å². The molecule has 0 saturated heterocycles. The molecular weight excluding hydrogens is 597 g/mol. The Hall–Kier alpha value is -2.76. The Bertz CT molecular complexity index is 1760. The van der Waals surface area contributed by atoms with Gasteiger partial charge in [-0.15, -0.1) is 0 Å². The largest absolute Gasteiger partial charge is 0.417 e. The number of rotatable bonds is 8. The topological polar surface area (TPSA) is 84.0 Å². The Morgan fingerprint density at radius 3 is 1.95 bits per heavy atom. The molecule has 3 aromatic carbocycles. The van der Waals surface area contributed by atoms with E-state index in [0.717, 1.165) is 27.8 Å². The van der Waals surface area contributed by atoms with E-state index >= 15 is 0 Å². The van der Waals surface area contributed by atoms with Gasteiger partial charge in [0, 0.05) is 18.7 Å². The van der Waals surface area contributed by atoms with E-state index in [0.29, 0.717) is 18.7 Å². The van der Waals surface area contributed by atoms with E-state index in [4.69, 9.17) is 4.43 Å². The summed E-state index contributed by atoms with van der Waals surface area (Å²) < 4.78 is 65.7. The van der Waals surface area contributed by atoms with Gasteiger partial charge < -0.3 is 4.43 Å². The van der Waals surface area contributed by atoms with Crippen molar-refractivity contribution in [2.24, 2.45) is 0 Å². The molecule has 0 fully saturated rings. The van der Waals surface area contributed by atoms with Crippen molar-refractivity contribution in [2.45, 2.75) is 75.0 Å². The second kappa shape index (κ2) is 11.3. The first-order chi connectivity index (χ1) is 20.0. The molecule has 43 heavy (non-hydrogen) atoms. The fourth-order valence-electron chi connectivity index (χ4n) is 5.47. The second-order valence-corrected chi connectivity index (χ2v) is 21.7. The fourth-order valence-corrected chi connectivity index (χ4v) is 9.56. The van der Waals surface area contributed by atoms with Gasteiger partial charge in [0.1, 0.15) is 0 Å². The van der Waals surface area contributed by atoms with Gasteiger partial charge in [-0.2, -0.15) is 4.31 Å². The SMILES string of the molecule is Cc1ccc(S(=O)(=O)N2CC3=CCN(S(=O)(=O)c4ccc(C)cc4)[C@H](CCO[Si](C)(C)C(C)(C)C)c4cccc2c43)cc1. The van der Waals surface area contributed by atoms with Gasteiger partial charge in [0.15, 0.2) is 8.32 Å². The molecule has 2 heterocycles. The molecule has 2 aliphatic rings. The molecule has 0 radical (unpaired) electrons. The summed E-state index contributed by atoms with van der Waals surface area (Å²) >= 11 is 0. The molecule has 0 aromatic heterocycles. The molecule has 2 aliphatic heterocycles.